The third kappa shape index (κ3) is 12.6. The molecule has 0 radical (unpaired) electrons. The highest BCUT2D eigenvalue weighted by atomic mass is 16.3. The van der Waals surface area contributed by atoms with Crippen LogP contribution in [0.3, 0.4) is 0 Å². The third-order valence-electron chi connectivity index (χ3n) is 25.2. The van der Waals surface area contributed by atoms with Crippen molar-refractivity contribution in [3.05, 3.63) is 437 Å². The summed E-state index contributed by atoms with van der Waals surface area (Å²) in [5.41, 5.74) is 23.8. The van der Waals surface area contributed by atoms with Gasteiger partial charge in [0.2, 0.25) is 0 Å². The fourth-order valence-electron chi connectivity index (χ4n) is 19.2. The number of nitrogens with zero attached hydrogens (tertiary/aromatic N) is 8. The molecule has 26 aromatic rings. The lowest BCUT2D eigenvalue weighted by atomic mass is 9.95. The molecule has 0 fully saturated rings. The Morgan fingerprint density at radius 3 is 1.05 bits per heavy atom. The fourth-order valence-corrected chi connectivity index (χ4v) is 19.2. The Balaban J connectivity index is 0.000000139. The molecule has 6 aromatic heterocycles. The summed E-state index contributed by atoms with van der Waals surface area (Å²) in [5.74, 6) is 3.50. The van der Waals surface area contributed by atoms with Crippen molar-refractivity contribution in [2.24, 2.45) is 0 Å². The van der Waals surface area contributed by atoms with Crippen molar-refractivity contribution in [1.29, 1.82) is 0 Å². The van der Waals surface area contributed by atoms with E-state index in [9.17, 15) is 0 Å². The summed E-state index contributed by atoms with van der Waals surface area (Å²) in [4.78, 5) is 32.1. The first kappa shape index (κ1) is 73.4. The quantitative estimate of drug-likeness (QED) is 0.119. The van der Waals surface area contributed by atoms with Crippen LogP contribution in [0.1, 0.15) is 0 Å². The predicted octanol–water partition coefficient (Wildman–Crippen LogP) is 31.0. The highest BCUT2D eigenvalue weighted by Crippen LogP contribution is 2.50. The second-order valence-electron chi connectivity index (χ2n) is 32.7. The Labute approximate surface area is 734 Å². The van der Waals surface area contributed by atoms with E-state index in [0.717, 1.165) is 177 Å². The second kappa shape index (κ2) is 30.3. The normalized spacial score (nSPS) is 11.8. The maximum atomic E-state index is 7.13. The number of rotatable bonds is 12. The maximum absolute atomic E-state index is 7.13. The van der Waals surface area contributed by atoms with Crippen LogP contribution in [0.4, 0.5) is 0 Å². The van der Waals surface area contributed by atoms with Crippen LogP contribution in [0.15, 0.2) is 446 Å². The third-order valence-corrected chi connectivity index (χ3v) is 25.2. The van der Waals surface area contributed by atoms with Gasteiger partial charge in [0.25, 0.3) is 0 Å². The van der Waals surface area contributed by atoms with Crippen LogP contribution < -0.4 is 0 Å². The summed E-state index contributed by atoms with van der Waals surface area (Å²) in [5, 5.41) is 17.7. The van der Waals surface area contributed by atoms with Crippen LogP contribution in [-0.4, -0.2) is 39.0 Å². The van der Waals surface area contributed by atoms with Crippen molar-refractivity contribution in [3.63, 3.8) is 0 Å². The van der Waals surface area contributed by atoms with E-state index in [1.807, 2.05) is 30.3 Å². The van der Waals surface area contributed by atoms with Crippen LogP contribution in [0.25, 0.3) is 255 Å². The molecule has 0 bridgehead atoms. The van der Waals surface area contributed by atoms with Gasteiger partial charge in [-0.2, -0.15) is 0 Å². The van der Waals surface area contributed by atoms with Gasteiger partial charge in [-0.1, -0.05) is 352 Å². The van der Waals surface area contributed by atoms with E-state index in [1.54, 1.807) is 0 Å². The van der Waals surface area contributed by atoms with Gasteiger partial charge in [0.1, 0.15) is 11.2 Å². The summed E-state index contributed by atoms with van der Waals surface area (Å²) in [6.07, 6.45) is 0. The Bertz CT molecular complexity index is 8840. The van der Waals surface area contributed by atoms with E-state index in [-0.39, 0.29) is 0 Å². The van der Waals surface area contributed by atoms with Crippen LogP contribution in [0.2, 0.25) is 0 Å². The van der Waals surface area contributed by atoms with Gasteiger partial charge in [-0.15, -0.1) is 0 Å². The molecular weight excluding hydrogens is 1560 g/mol. The molecule has 0 saturated carbocycles. The fraction of sp³-hybridized carbons (Fsp3) is 0. The molecular formula is C118H72N8O2. The van der Waals surface area contributed by atoms with Crippen molar-refractivity contribution >= 4 is 131 Å². The average Bonchev–Trinajstić information content (AvgIpc) is 1.52. The Morgan fingerprint density at radius 1 is 0.180 bits per heavy atom. The van der Waals surface area contributed by atoms with Gasteiger partial charge in [0, 0.05) is 81.9 Å². The largest absolute Gasteiger partial charge is 0.454 e. The van der Waals surface area contributed by atoms with Crippen molar-refractivity contribution in [2.45, 2.75) is 0 Å². The van der Waals surface area contributed by atoms with Gasteiger partial charge in [0.05, 0.1) is 33.4 Å². The molecule has 10 nitrogen and oxygen atoms in total. The number of furan rings is 2. The van der Waals surface area contributed by atoms with E-state index in [4.69, 9.17) is 38.7 Å². The maximum Gasteiger partial charge on any atom is 0.165 e. The zero-order valence-corrected chi connectivity index (χ0v) is 69.0. The lowest BCUT2D eigenvalue weighted by Gasteiger charge is -2.17. The van der Waals surface area contributed by atoms with Crippen molar-refractivity contribution in [2.75, 3.05) is 0 Å². The Morgan fingerprint density at radius 2 is 0.531 bits per heavy atom. The molecule has 0 unspecified atom stereocenters. The molecule has 0 aliphatic rings. The summed E-state index contributed by atoms with van der Waals surface area (Å²) >= 11 is 0. The molecule has 0 saturated heterocycles. The Kier molecular flexibility index (Phi) is 17.4. The summed E-state index contributed by atoms with van der Waals surface area (Å²) in [6, 6.07) is 154. The number of para-hydroxylation sites is 3. The molecule has 0 atom stereocenters. The number of aromatic nitrogens is 8. The highest BCUT2D eigenvalue weighted by molar-refractivity contribution is 6.26. The first-order chi connectivity index (χ1) is 63.4. The zero-order valence-electron chi connectivity index (χ0n) is 69.0. The van der Waals surface area contributed by atoms with E-state index < -0.39 is 0 Å². The topological polar surface area (TPSA) is 113 Å². The Hall–Kier alpha value is -17.3. The number of fused-ring (bicyclic) bond motifs is 16. The van der Waals surface area contributed by atoms with Crippen molar-refractivity contribution in [3.8, 4) is 124 Å². The van der Waals surface area contributed by atoms with E-state index >= 15 is 0 Å². The zero-order chi connectivity index (χ0) is 84.3. The second-order valence-corrected chi connectivity index (χ2v) is 32.7. The van der Waals surface area contributed by atoms with Crippen molar-refractivity contribution < 1.29 is 8.83 Å². The highest BCUT2D eigenvalue weighted by Gasteiger charge is 2.30. The van der Waals surface area contributed by atoms with Crippen LogP contribution in [0.5, 0.6) is 0 Å². The van der Waals surface area contributed by atoms with Crippen molar-refractivity contribution in [1.82, 2.24) is 39.0 Å². The molecule has 20 aromatic carbocycles. The van der Waals surface area contributed by atoms with Gasteiger partial charge in [-0.25, -0.2) is 29.9 Å². The summed E-state index contributed by atoms with van der Waals surface area (Å²) < 4.78 is 19.0. The lowest BCUT2D eigenvalue weighted by Crippen LogP contribution is -2.03. The van der Waals surface area contributed by atoms with Crippen LogP contribution >= 0.6 is 0 Å². The van der Waals surface area contributed by atoms with Gasteiger partial charge < -0.3 is 18.0 Å². The minimum Gasteiger partial charge on any atom is -0.454 e. The lowest BCUT2D eigenvalue weighted by molar-refractivity contribution is 0.666. The van der Waals surface area contributed by atoms with Gasteiger partial charge >= 0.3 is 0 Å². The molecule has 6 heterocycles. The summed E-state index contributed by atoms with van der Waals surface area (Å²) in [7, 11) is 0. The minimum atomic E-state index is 0.566. The molecule has 10 heteroatoms. The van der Waals surface area contributed by atoms with Crippen LogP contribution in [-0.2, 0) is 0 Å². The molecule has 0 N–H and O–H groups in total. The van der Waals surface area contributed by atoms with E-state index in [2.05, 4.69) is 416 Å². The SMILES string of the molecule is c1ccc(-c2ccc(-c3nc(-c4cccc(-c5ccccc5)c4)nc(-c4c5ccccc5c(-n5c6ccccc6c6cc7ccccc7cc65)c5oc6ccccc6c45)n3)cc2)cc1.c1ccc(-c2cccc(-c3nc(-c4cccc(-c5ccccc5)c4)nc(-c4ccc(-n5c6ccccc6c6cc7ccccc7cc65)c5oc6cc7ccccc7cc6c45)n3)c2)cc1. The van der Waals surface area contributed by atoms with Gasteiger partial charge in [0.15, 0.2) is 46.1 Å². The molecule has 0 aliphatic carbocycles. The summed E-state index contributed by atoms with van der Waals surface area (Å²) in [6.45, 7) is 0. The van der Waals surface area contributed by atoms with E-state index in [1.165, 1.54) is 43.1 Å². The number of hydrogen-bond donors (Lipinski definition) is 0. The molecule has 26 rings (SSSR count). The smallest absolute Gasteiger partial charge is 0.165 e. The first-order valence-corrected chi connectivity index (χ1v) is 43.2. The first-order valence-electron chi connectivity index (χ1n) is 43.2. The van der Waals surface area contributed by atoms with E-state index in [0.29, 0.717) is 34.9 Å². The molecule has 128 heavy (non-hydrogen) atoms. The minimum absolute atomic E-state index is 0.566. The van der Waals surface area contributed by atoms with Crippen LogP contribution in [0, 0.1) is 0 Å². The molecule has 0 amide bonds. The molecule has 0 aliphatic heterocycles. The number of benzene rings is 20. The number of hydrogen-bond acceptors (Lipinski definition) is 8. The standard InChI is InChI=1S/2C59H36N4O/c1-3-15-37(16-4-1)39-23-13-25-45(31-39)57-60-58(46-26-14-24-40(32-46)38-17-5-2-6-18-38)62-59(61-57)48-29-30-52(56-55(48)50-34-42-20-8-10-22-44(42)36-54(50)64-56)63-51-28-12-11-27-47(51)49-33-41-19-7-9-21-43(41)35-53(49)63;1-3-16-37(17-4-1)39-30-32-40(33-31-39)57-60-58(44-23-15-22-41(34-44)38-18-5-2-6-19-38)62-59(61-57)54-46-25-9-10-26-47(46)55(56-53(54)48-27-12-14-29-52(48)64-56)63-50-28-13-11-24-45(50)49-35-42-20-7-8-21-43(42)36-51(49)63/h2*1-36H. The molecule has 0 spiro atoms. The average molecular weight is 1630 g/mol. The predicted molar refractivity (Wildman–Crippen MR) is 527 cm³/mol. The van der Waals surface area contributed by atoms with Gasteiger partial charge in [-0.3, -0.25) is 0 Å². The monoisotopic (exact) mass is 1630 g/mol. The van der Waals surface area contributed by atoms with Gasteiger partial charge in [-0.05, 0) is 167 Å². The molecule has 596 valence electrons.